The highest BCUT2D eigenvalue weighted by Gasteiger charge is 2.20. The van der Waals surface area contributed by atoms with Gasteiger partial charge in [-0.15, -0.1) is 0 Å². The van der Waals surface area contributed by atoms with Gasteiger partial charge >= 0.3 is 0 Å². The van der Waals surface area contributed by atoms with Crippen molar-refractivity contribution in [3.05, 3.63) is 41.5 Å². The first-order chi connectivity index (χ1) is 11.6. The van der Waals surface area contributed by atoms with E-state index >= 15 is 0 Å². The van der Waals surface area contributed by atoms with Gasteiger partial charge in [0.1, 0.15) is 5.82 Å². The van der Waals surface area contributed by atoms with E-state index < -0.39 is 17.3 Å². The molecule has 1 aromatic carbocycles. The predicted molar refractivity (Wildman–Crippen MR) is 91.5 cm³/mol. The van der Waals surface area contributed by atoms with E-state index in [1.165, 1.54) is 12.5 Å². The van der Waals surface area contributed by atoms with Crippen LogP contribution in [0.2, 0.25) is 0 Å². The van der Waals surface area contributed by atoms with Gasteiger partial charge < -0.3 is 10.4 Å². The summed E-state index contributed by atoms with van der Waals surface area (Å²) in [6.07, 6.45) is 5.65. The van der Waals surface area contributed by atoms with Crippen molar-refractivity contribution < 1.29 is 13.7 Å². The number of benzene rings is 1. The highest BCUT2D eigenvalue weighted by atomic mass is 32.2. The van der Waals surface area contributed by atoms with Crippen molar-refractivity contribution >= 4 is 21.9 Å². The first-order valence-corrected chi connectivity index (χ1v) is 9.13. The van der Waals surface area contributed by atoms with Crippen molar-refractivity contribution in [2.45, 2.75) is 38.0 Å². The van der Waals surface area contributed by atoms with E-state index in [4.69, 9.17) is 5.14 Å². The maximum atomic E-state index is 14.6. The van der Waals surface area contributed by atoms with E-state index in [0.717, 1.165) is 18.2 Å². The minimum absolute atomic E-state index is 0.0355. The Hall–Kier alpha value is -1.45. The zero-order valence-corrected chi connectivity index (χ0v) is 14.0. The molecule has 130 valence electrons. The second kappa shape index (κ2) is 7.62. The fourth-order valence-corrected chi connectivity index (χ4v) is 3.22. The van der Waals surface area contributed by atoms with Gasteiger partial charge in [-0.05, 0) is 35.9 Å². The largest absolute Gasteiger partial charge is 0.387 e. The van der Waals surface area contributed by atoms with Crippen LogP contribution >= 0.6 is 0 Å². The van der Waals surface area contributed by atoms with Crippen molar-refractivity contribution in [2.75, 3.05) is 6.54 Å². The highest BCUT2D eigenvalue weighted by Crippen LogP contribution is 2.29. The standard InChI is InChI=1S/C16H21FN4O2S/c17-15-6-12(16(22)9-21-24(18)23)13-7-19-5-4-11(13)14(15)8-20-10-2-1-3-10/h4-7,10,16,20-22H,1-3,8-9,18H2. The molecule has 1 aliphatic rings. The van der Waals surface area contributed by atoms with E-state index in [1.807, 2.05) is 0 Å². The van der Waals surface area contributed by atoms with Crippen LogP contribution in [-0.2, 0) is 17.7 Å². The zero-order valence-electron chi connectivity index (χ0n) is 13.2. The minimum atomic E-state index is -1.74. The topological polar surface area (TPSA) is 100 Å². The molecule has 1 aliphatic carbocycles. The van der Waals surface area contributed by atoms with Gasteiger partial charge in [-0.3, -0.25) is 4.98 Å². The molecule has 0 saturated heterocycles. The predicted octanol–water partition coefficient (Wildman–Crippen LogP) is 1.18. The molecule has 0 radical (unpaired) electrons. The van der Waals surface area contributed by atoms with Crippen LogP contribution in [0.3, 0.4) is 0 Å². The lowest BCUT2D eigenvalue weighted by atomic mass is 9.92. The third-order valence-corrected chi connectivity index (χ3v) is 4.93. The van der Waals surface area contributed by atoms with Gasteiger partial charge in [0.05, 0.1) is 6.10 Å². The van der Waals surface area contributed by atoms with Crippen LogP contribution in [0.15, 0.2) is 24.5 Å². The van der Waals surface area contributed by atoms with Crippen molar-refractivity contribution in [1.29, 1.82) is 0 Å². The molecule has 1 saturated carbocycles. The number of aliphatic hydroxyl groups excluding tert-OH is 1. The molecule has 0 bridgehead atoms. The number of hydrogen-bond donors (Lipinski definition) is 4. The van der Waals surface area contributed by atoms with Crippen LogP contribution in [0.25, 0.3) is 10.8 Å². The molecule has 3 rings (SSSR count). The van der Waals surface area contributed by atoms with Gasteiger partial charge in [0.25, 0.3) is 0 Å². The number of hydrogen-bond acceptors (Lipinski definition) is 4. The quantitative estimate of drug-likeness (QED) is 0.601. The van der Waals surface area contributed by atoms with Crippen molar-refractivity contribution in [1.82, 2.24) is 15.0 Å². The molecule has 1 fully saturated rings. The molecule has 2 atom stereocenters. The Kier molecular flexibility index (Phi) is 5.52. The molecule has 2 aromatic rings. The second-order valence-electron chi connectivity index (χ2n) is 6.02. The van der Waals surface area contributed by atoms with Crippen molar-refractivity contribution in [3.8, 4) is 0 Å². The Morgan fingerprint density at radius 2 is 2.25 bits per heavy atom. The van der Waals surface area contributed by atoms with E-state index in [1.54, 1.807) is 18.5 Å². The number of halogens is 1. The summed E-state index contributed by atoms with van der Waals surface area (Å²) in [7, 11) is 0. The minimum Gasteiger partial charge on any atom is -0.387 e. The maximum absolute atomic E-state index is 14.6. The molecule has 0 spiro atoms. The van der Waals surface area contributed by atoms with Gasteiger partial charge in [0, 0.05) is 42.5 Å². The molecule has 1 aromatic heterocycles. The number of aliphatic hydroxyl groups is 1. The van der Waals surface area contributed by atoms with Crippen LogP contribution in [0.5, 0.6) is 0 Å². The zero-order chi connectivity index (χ0) is 17.1. The summed E-state index contributed by atoms with van der Waals surface area (Å²) in [5.41, 5.74) is 0.978. The number of fused-ring (bicyclic) bond motifs is 1. The molecule has 1 heterocycles. The molecule has 5 N–H and O–H groups in total. The van der Waals surface area contributed by atoms with Crippen LogP contribution in [0.4, 0.5) is 4.39 Å². The summed E-state index contributed by atoms with van der Waals surface area (Å²) in [5, 5.41) is 20.2. The van der Waals surface area contributed by atoms with Crippen molar-refractivity contribution in [3.63, 3.8) is 0 Å². The number of nitrogens with one attached hydrogen (secondary N) is 2. The summed E-state index contributed by atoms with van der Waals surface area (Å²) in [5.74, 6) is -0.372. The average molecular weight is 352 g/mol. The summed E-state index contributed by atoms with van der Waals surface area (Å²) < 4.78 is 28.0. The van der Waals surface area contributed by atoms with Gasteiger partial charge in [-0.2, -0.15) is 0 Å². The normalized spacial score (nSPS) is 17.6. The average Bonchev–Trinajstić information content (AvgIpc) is 2.52. The van der Waals surface area contributed by atoms with Crippen LogP contribution in [0, 0.1) is 5.82 Å². The summed E-state index contributed by atoms with van der Waals surface area (Å²) in [6, 6.07) is 3.53. The Balaban J connectivity index is 1.92. The van der Waals surface area contributed by atoms with Crippen LogP contribution in [-0.4, -0.2) is 26.9 Å². The summed E-state index contributed by atoms with van der Waals surface area (Å²) >= 11 is -1.74. The number of nitrogens with two attached hydrogens (primary N) is 1. The Bertz CT molecular complexity index is 754. The SMILES string of the molecule is NS(=O)NCC(O)c1cc(F)c(CNC2CCC2)c2ccncc12. The fourth-order valence-electron chi connectivity index (χ4n) is 2.90. The van der Waals surface area contributed by atoms with Crippen LogP contribution < -0.4 is 15.2 Å². The lowest BCUT2D eigenvalue weighted by Crippen LogP contribution is -2.34. The third kappa shape index (κ3) is 3.79. The van der Waals surface area contributed by atoms with Gasteiger partial charge in [0.15, 0.2) is 11.2 Å². The molecule has 2 unspecified atom stereocenters. The molecule has 0 aliphatic heterocycles. The Morgan fingerprint density at radius 3 is 2.92 bits per heavy atom. The molecule has 24 heavy (non-hydrogen) atoms. The number of pyridine rings is 1. The highest BCUT2D eigenvalue weighted by molar-refractivity contribution is 7.80. The number of rotatable bonds is 7. The van der Waals surface area contributed by atoms with E-state index in [-0.39, 0.29) is 12.4 Å². The fraction of sp³-hybridized carbons (Fsp3) is 0.438. The lowest BCUT2D eigenvalue weighted by molar-refractivity contribution is 0.183. The molecule has 6 nitrogen and oxygen atoms in total. The summed E-state index contributed by atoms with van der Waals surface area (Å²) in [4.78, 5) is 4.09. The van der Waals surface area contributed by atoms with Crippen LogP contribution in [0.1, 0.15) is 36.5 Å². The third-order valence-electron chi connectivity index (χ3n) is 4.48. The second-order valence-corrected chi connectivity index (χ2v) is 6.90. The first-order valence-electron chi connectivity index (χ1n) is 7.92. The number of nitrogens with zero attached hydrogens (tertiary/aromatic N) is 1. The lowest BCUT2D eigenvalue weighted by Gasteiger charge is -2.27. The molecule has 8 heteroatoms. The van der Waals surface area contributed by atoms with Crippen molar-refractivity contribution in [2.24, 2.45) is 5.14 Å². The van der Waals surface area contributed by atoms with E-state index in [2.05, 4.69) is 15.0 Å². The first kappa shape index (κ1) is 17.4. The van der Waals surface area contributed by atoms with E-state index in [0.29, 0.717) is 29.1 Å². The Morgan fingerprint density at radius 1 is 1.46 bits per heavy atom. The monoisotopic (exact) mass is 352 g/mol. The Labute approximate surface area is 142 Å². The van der Waals surface area contributed by atoms with Gasteiger partial charge in [-0.1, -0.05) is 6.42 Å². The maximum Gasteiger partial charge on any atom is 0.164 e. The smallest absolute Gasteiger partial charge is 0.164 e. The molecular formula is C16H21FN4O2S. The van der Waals surface area contributed by atoms with Gasteiger partial charge in [0.2, 0.25) is 0 Å². The van der Waals surface area contributed by atoms with E-state index in [9.17, 15) is 13.7 Å². The molecule has 0 amide bonds. The number of aromatic nitrogens is 1. The molecular weight excluding hydrogens is 331 g/mol. The summed E-state index contributed by atoms with van der Waals surface area (Å²) in [6.45, 7) is 0.407. The van der Waals surface area contributed by atoms with Gasteiger partial charge in [-0.25, -0.2) is 18.5 Å².